The van der Waals surface area contributed by atoms with Gasteiger partial charge in [-0.1, -0.05) is 13.8 Å². The van der Waals surface area contributed by atoms with Crippen molar-refractivity contribution in [2.24, 2.45) is 11.7 Å². The van der Waals surface area contributed by atoms with Gasteiger partial charge in [0, 0.05) is 19.0 Å². The van der Waals surface area contributed by atoms with Crippen molar-refractivity contribution in [1.82, 2.24) is 4.90 Å². The van der Waals surface area contributed by atoms with Gasteiger partial charge in [-0.3, -0.25) is 4.79 Å². The molecule has 0 bridgehead atoms. The summed E-state index contributed by atoms with van der Waals surface area (Å²) in [5.41, 5.74) is 8.20. The molecular formula is C18H28N2O3. The summed E-state index contributed by atoms with van der Waals surface area (Å²) in [6, 6.07) is 3.98. The maximum atomic E-state index is 12.6. The lowest BCUT2D eigenvalue weighted by Crippen LogP contribution is -2.43. The number of nitrogens with two attached hydrogens (primary N) is 1. The smallest absolute Gasteiger partial charge is 0.224 e. The average Bonchev–Trinajstić information content (AvgIpc) is 2.51. The molecule has 0 aromatic heterocycles. The van der Waals surface area contributed by atoms with Crippen LogP contribution in [0.3, 0.4) is 0 Å². The number of benzene rings is 1. The molecule has 2 atom stereocenters. The Kier molecular flexibility index (Phi) is 5.52. The van der Waals surface area contributed by atoms with Gasteiger partial charge in [-0.05, 0) is 42.5 Å². The van der Waals surface area contributed by atoms with Gasteiger partial charge in [-0.2, -0.15) is 0 Å². The van der Waals surface area contributed by atoms with E-state index in [0.29, 0.717) is 18.1 Å². The Morgan fingerprint density at radius 1 is 1.26 bits per heavy atom. The van der Waals surface area contributed by atoms with Gasteiger partial charge in [0.1, 0.15) is 0 Å². The number of carbonyl (C=O) groups excluding carboxylic acids is 1. The number of ether oxygens (including phenoxy) is 2. The molecule has 0 saturated heterocycles. The van der Waals surface area contributed by atoms with E-state index in [2.05, 4.69) is 13.8 Å². The van der Waals surface area contributed by atoms with Crippen molar-refractivity contribution in [3.05, 3.63) is 23.3 Å². The van der Waals surface area contributed by atoms with Gasteiger partial charge in [0.15, 0.2) is 11.5 Å². The van der Waals surface area contributed by atoms with Crippen molar-refractivity contribution in [1.29, 1.82) is 0 Å². The Morgan fingerprint density at radius 3 is 2.39 bits per heavy atom. The van der Waals surface area contributed by atoms with Gasteiger partial charge in [-0.25, -0.2) is 0 Å². The summed E-state index contributed by atoms with van der Waals surface area (Å²) in [4.78, 5) is 14.6. The number of hydrogen-bond acceptors (Lipinski definition) is 4. The second-order valence-corrected chi connectivity index (χ2v) is 6.61. The highest BCUT2D eigenvalue weighted by Crippen LogP contribution is 2.41. The van der Waals surface area contributed by atoms with E-state index in [1.54, 1.807) is 14.2 Å². The summed E-state index contributed by atoms with van der Waals surface area (Å²) < 4.78 is 10.8. The quantitative estimate of drug-likeness (QED) is 0.905. The molecule has 0 radical (unpaired) electrons. The van der Waals surface area contributed by atoms with Gasteiger partial charge in [0.25, 0.3) is 0 Å². The van der Waals surface area contributed by atoms with Crippen molar-refractivity contribution in [2.75, 3.05) is 20.8 Å². The minimum atomic E-state index is -0.123. The normalized spacial score (nSPS) is 18.6. The molecule has 0 spiro atoms. The largest absolute Gasteiger partial charge is 0.493 e. The minimum absolute atomic E-state index is 0.0461. The Labute approximate surface area is 138 Å². The Morgan fingerprint density at radius 2 is 1.87 bits per heavy atom. The fraction of sp³-hybridized carbons (Fsp3) is 0.611. The highest BCUT2D eigenvalue weighted by molar-refractivity contribution is 5.78. The van der Waals surface area contributed by atoms with Crippen LogP contribution in [0.5, 0.6) is 11.5 Å². The number of amides is 1. The van der Waals surface area contributed by atoms with Crippen LogP contribution in [0.25, 0.3) is 0 Å². The van der Waals surface area contributed by atoms with Gasteiger partial charge >= 0.3 is 0 Å². The van der Waals surface area contributed by atoms with Crippen LogP contribution < -0.4 is 15.2 Å². The summed E-state index contributed by atoms with van der Waals surface area (Å²) in [7, 11) is 3.28. The molecule has 2 N–H and O–H groups in total. The van der Waals surface area contributed by atoms with Crippen LogP contribution in [-0.2, 0) is 11.2 Å². The Hall–Kier alpha value is -1.75. The lowest BCUT2D eigenvalue weighted by atomic mass is 9.85. The van der Waals surface area contributed by atoms with E-state index in [4.69, 9.17) is 15.2 Å². The molecule has 0 fully saturated rings. The summed E-state index contributed by atoms with van der Waals surface area (Å²) in [6.07, 6.45) is 1.20. The van der Waals surface area contributed by atoms with Crippen LogP contribution in [-0.4, -0.2) is 37.6 Å². The van der Waals surface area contributed by atoms with Crippen LogP contribution in [0, 0.1) is 5.92 Å². The zero-order valence-corrected chi connectivity index (χ0v) is 14.8. The van der Waals surface area contributed by atoms with Crippen LogP contribution in [0.4, 0.5) is 0 Å². The minimum Gasteiger partial charge on any atom is -0.493 e. The number of nitrogens with zero attached hydrogens (tertiary/aromatic N) is 1. The first-order valence-electron chi connectivity index (χ1n) is 8.18. The fourth-order valence-electron chi connectivity index (χ4n) is 3.37. The van der Waals surface area contributed by atoms with E-state index in [-0.39, 0.29) is 18.0 Å². The maximum Gasteiger partial charge on any atom is 0.224 e. The molecule has 1 amide bonds. The van der Waals surface area contributed by atoms with E-state index in [1.165, 1.54) is 5.56 Å². The third-order valence-electron chi connectivity index (χ3n) is 4.37. The standard InChI is InChI=1S/C18H28N2O3/c1-11(2)18-14-10-16(23-5)15(22-4)9-13(14)6-7-20(18)17(21)8-12(3)19/h9-12,18H,6-8,19H2,1-5H3. The van der Waals surface area contributed by atoms with Crippen LogP contribution >= 0.6 is 0 Å². The van der Waals surface area contributed by atoms with Crippen molar-refractivity contribution in [3.8, 4) is 11.5 Å². The molecule has 0 saturated carbocycles. The number of fused-ring (bicyclic) bond motifs is 1. The summed E-state index contributed by atoms with van der Waals surface area (Å²) in [5.74, 6) is 1.88. The molecule has 5 nitrogen and oxygen atoms in total. The average molecular weight is 320 g/mol. The molecule has 23 heavy (non-hydrogen) atoms. The van der Waals surface area contributed by atoms with Crippen molar-refractivity contribution in [2.45, 2.75) is 45.7 Å². The molecule has 1 aliphatic rings. The third-order valence-corrected chi connectivity index (χ3v) is 4.37. The first-order chi connectivity index (χ1) is 10.9. The molecular weight excluding hydrogens is 292 g/mol. The van der Waals surface area contributed by atoms with E-state index < -0.39 is 0 Å². The number of rotatable bonds is 5. The number of carbonyl (C=O) groups is 1. The van der Waals surface area contributed by atoms with Crippen LogP contribution in [0.15, 0.2) is 12.1 Å². The zero-order chi connectivity index (χ0) is 17.1. The number of hydrogen-bond donors (Lipinski definition) is 1. The molecule has 5 heteroatoms. The van der Waals surface area contributed by atoms with E-state index in [1.807, 2.05) is 24.0 Å². The van der Waals surface area contributed by atoms with E-state index in [9.17, 15) is 4.79 Å². The first kappa shape index (κ1) is 17.6. The van der Waals surface area contributed by atoms with E-state index >= 15 is 0 Å². The van der Waals surface area contributed by atoms with Gasteiger partial charge in [-0.15, -0.1) is 0 Å². The second-order valence-electron chi connectivity index (χ2n) is 6.61. The Bertz CT molecular complexity index is 570. The van der Waals surface area contributed by atoms with Crippen LogP contribution in [0.1, 0.15) is 44.4 Å². The fourth-order valence-corrected chi connectivity index (χ4v) is 3.37. The maximum absolute atomic E-state index is 12.6. The lowest BCUT2D eigenvalue weighted by molar-refractivity contribution is -0.135. The van der Waals surface area contributed by atoms with Gasteiger partial charge in [0.2, 0.25) is 5.91 Å². The summed E-state index contributed by atoms with van der Waals surface area (Å²) in [6.45, 7) is 6.87. The predicted molar refractivity (Wildman–Crippen MR) is 90.8 cm³/mol. The predicted octanol–water partition coefficient (Wildman–Crippen LogP) is 2.52. The van der Waals surface area contributed by atoms with E-state index in [0.717, 1.165) is 24.3 Å². The molecule has 1 aromatic carbocycles. The van der Waals surface area contributed by atoms with Gasteiger partial charge in [0.05, 0.1) is 20.3 Å². The highest BCUT2D eigenvalue weighted by Gasteiger charge is 2.34. The lowest BCUT2D eigenvalue weighted by Gasteiger charge is -2.40. The topological polar surface area (TPSA) is 64.8 Å². The molecule has 1 aliphatic heterocycles. The van der Waals surface area contributed by atoms with Crippen molar-refractivity contribution >= 4 is 5.91 Å². The molecule has 2 rings (SSSR count). The highest BCUT2D eigenvalue weighted by atomic mass is 16.5. The molecule has 1 aromatic rings. The second kappa shape index (κ2) is 7.21. The van der Waals surface area contributed by atoms with Crippen molar-refractivity contribution < 1.29 is 14.3 Å². The summed E-state index contributed by atoms with van der Waals surface area (Å²) >= 11 is 0. The zero-order valence-electron chi connectivity index (χ0n) is 14.8. The van der Waals surface area contributed by atoms with Crippen molar-refractivity contribution in [3.63, 3.8) is 0 Å². The third kappa shape index (κ3) is 3.61. The SMILES string of the molecule is COc1cc2c(cc1OC)C(C(C)C)N(C(=O)CC(C)N)CC2. The summed E-state index contributed by atoms with van der Waals surface area (Å²) in [5, 5.41) is 0. The molecule has 0 aliphatic carbocycles. The Balaban J connectivity index is 2.43. The van der Waals surface area contributed by atoms with Crippen LogP contribution in [0.2, 0.25) is 0 Å². The monoisotopic (exact) mass is 320 g/mol. The molecule has 1 heterocycles. The first-order valence-corrected chi connectivity index (χ1v) is 8.18. The molecule has 128 valence electrons. The molecule has 2 unspecified atom stereocenters. The van der Waals surface area contributed by atoms with Gasteiger partial charge < -0.3 is 20.1 Å². The number of methoxy groups -OCH3 is 2.